The first-order chi connectivity index (χ1) is 34.0. The first-order valence-corrected chi connectivity index (χ1v) is 22.3. The van der Waals surface area contributed by atoms with Crippen LogP contribution in [0.2, 0.25) is 0 Å². The van der Waals surface area contributed by atoms with Gasteiger partial charge in [-0.15, -0.1) is 0 Å². The van der Waals surface area contributed by atoms with Crippen LogP contribution in [0.3, 0.4) is 0 Å². The van der Waals surface area contributed by atoms with E-state index in [9.17, 15) is 29.4 Å². The largest absolute Gasteiger partial charge is 0.486 e. The highest BCUT2D eigenvalue weighted by molar-refractivity contribution is 5.91. The molecule has 22 heteroatoms. The van der Waals surface area contributed by atoms with E-state index in [-0.39, 0.29) is 50.8 Å². The molecular weight excluding hydrogens is 913 g/mol. The number of hydrogen-bond acceptors (Lipinski definition) is 18. The third kappa shape index (κ3) is 10.6. The molecule has 0 bridgehead atoms. The molecule has 4 aliphatic heterocycles. The highest BCUT2D eigenvalue weighted by Crippen LogP contribution is 2.37. The van der Waals surface area contributed by atoms with Gasteiger partial charge in [0.1, 0.15) is 38.6 Å². The Balaban J connectivity index is 0.000000174. The van der Waals surface area contributed by atoms with Crippen LogP contribution < -0.4 is 48.9 Å². The zero-order chi connectivity index (χ0) is 48.7. The van der Waals surface area contributed by atoms with Gasteiger partial charge in [0, 0.05) is 47.8 Å². The van der Waals surface area contributed by atoms with Crippen molar-refractivity contribution in [3.05, 3.63) is 96.3 Å². The maximum atomic E-state index is 12.5. The van der Waals surface area contributed by atoms with Crippen LogP contribution in [0.1, 0.15) is 36.2 Å². The molecule has 22 nitrogen and oxygen atoms in total. The lowest BCUT2D eigenvalue weighted by molar-refractivity contribution is -0.124. The van der Waals surface area contributed by atoms with E-state index in [2.05, 4.69) is 30.6 Å². The van der Waals surface area contributed by atoms with Gasteiger partial charge < -0.3 is 58.7 Å². The third-order valence-corrected chi connectivity index (χ3v) is 11.5. The Labute approximate surface area is 399 Å². The van der Waals surface area contributed by atoms with Crippen LogP contribution in [-0.2, 0) is 19.1 Å². The molecular formula is C48H48N8O14. The summed E-state index contributed by atoms with van der Waals surface area (Å²) in [6.45, 7) is 2.61. The first-order valence-electron chi connectivity index (χ1n) is 22.3. The molecule has 2 fully saturated rings. The number of nitrogens with one attached hydrogen (secondary N) is 2. The summed E-state index contributed by atoms with van der Waals surface area (Å²) in [5.41, 5.74) is 4.29. The van der Waals surface area contributed by atoms with Gasteiger partial charge in [-0.25, -0.2) is 19.6 Å². The number of rotatable bonds is 14. The number of aromatic nitrogens is 4. The van der Waals surface area contributed by atoms with E-state index in [0.29, 0.717) is 106 Å². The summed E-state index contributed by atoms with van der Waals surface area (Å²) in [6, 6.07) is 20.5. The van der Waals surface area contributed by atoms with Crippen molar-refractivity contribution in [2.24, 2.45) is 0 Å². The predicted molar refractivity (Wildman–Crippen MR) is 247 cm³/mol. The van der Waals surface area contributed by atoms with Gasteiger partial charge in [0.2, 0.25) is 23.6 Å². The van der Waals surface area contributed by atoms with Crippen LogP contribution in [0.4, 0.5) is 21.0 Å². The summed E-state index contributed by atoms with van der Waals surface area (Å²) in [4.78, 5) is 69.9. The monoisotopic (exact) mass is 960 g/mol. The van der Waals surface area contributed by atoms with E-state index in [4.69, 9.17) is 37.9 Å². The minimum atomic E-state index is -1.10. The molecule has 4 aromatic heterocycles. The Kier molecular flexibility index (Phi) is 14.0. The Morgan fingerprint density at radius 2 is 1.03 bits per heavy atom. The molecule has 10 rings (SSSR count). The Morgan fingerprint density at radius 1 is 0.614 bits per heavy atom. The first kappa shape index (κ1) is 46.9. The van der Waals surface area contributed by atoms with E-state index in [1.807, 2.05) is 0 Å². The highest BCUT2D eigenvalue weighted by atomic mass is 16.6. The molecule has 364 valence electrons. The number of benzene rings is 2. The smallest absolute Gasteiger partial charge is 0.414 e. The number of aliphatic hydroxyl groups excluding tert-OH is 2. The number of ether oxygens (including phenoxy) is 8. The predicted octanol–water partition coefficient (Wildman–Crippen LogP) is 3.95. The number of carbonyl (C=O) groups is 4. The second-order valence-electron chi connectivity index (χ2n) is 16.2. The van der Waals surface area contributed by atoms with Crippen LogP contribution in [0.25, 0.3) is 22.1 Å². The molecule has 4 aliphatic rings. The van der Waals surface area contributed by atoms with Crippen molar-refractivity contribution in [3.8, 4) is 34.8 Å². The molecule has 6 aromatic rings. The minimum Gasteiger partial charge on any atom is -0.486 e. The second-order valence-corrected chi connectivity index (χ2v) is 16.2. The normalized spacial score (nSPS) is 17.7. The molecule has 4 N–H and O–H groups in total. The van der Waals surface area contributed by atoms with Gasteiger partial charge in [-0.05, 0) is 48.5 Å². The van der Waals surface area contributed by atoms with Crippen LogP contribution in [0.5, 0.6) is 34.8 Å². The summed E-state index contributed by atoms with van der Waals surface area (Å²) >= 11 is 0. The zero-order valence-corrected chi connectivity index (χ0v) is 37.9. The van der Waals surface area contributed by atoms with Crippen LogP contribution in [0.15, 0.2) is 85.2 Å². The molecule has 0 saturated carbocycles. The van der Waals surface area contributed by atoms with E-state index in [1.54, 1.807) is 85.2 Å². The highest BCUT2D eigenvalue weighted by Gasteiger charge is 2.35. The molecule has 0 aliphatic carbocycles. The number of nitrogens with zero attached hydrogens (tertiary/aromatic N) is 6. The van der Waals surface area contributed by atoms with Crippen LogP contribution in [0, 0.1) is 0 Å². The van der Waals surface area contributed by atoms with Crippen molar-refractivity contribution in [3.63, 3.8) is 0 Å². The molecule has 0 radical (unpaired) electrons. The molecule has 1 unspecified atom stereocenters. The molecule has 70 heavy (non-hydrogen) atoms. The topological polar surface area (TPSA) is 265 Å². The number of amides is 4. The van der Waals surface area contributed by atoms with Crippen LogP contribution in [-0.4, -0.2) is 133 Å². The Bertz CT molecular complexity index is 2730. The molecule has 8 heterocycles. The average Bonchev–Trinajstić information content (AvgIpc) is 3.97. The SMILES string of the molecule is COc1ccc2nccc(C(O)CC(=O)NC[C@@H]3CN(c4ccc5c(c4)OCCO5)C(=O)O3)c2n1.COc1ccc2nccc([C@H](O)CC(=O)NC[C@@H]3CN(c4ccc5c(c4)OCCO5)C(=O)O3)c2n1. The molecule has 4 atom stereocenters. The fourth-order valence-electron chi connectivity index (χ4n) is 8.07. The fourth-order valence-corrected chi connectivity index (χ4v) is 8.07. The number of hydrogen-bond donors (Lipinski definition) is 4. The Hall–Kier alpha value is -8.24. The lowest BCUT2D eigenvalue weighted by Crippen LogP contribution is -2.35. The van der Waals surface area contributed by atoms with Gasteiger partial charge in [0.15, 0.2) is 23.0 Å². The third-order valence-electron chi connectivity index (χ3n) is 11.5. The van der Waals surface area contributed by atoms with Gasteiger partial charge in [0.05, 0.1) is 98.9 Å². The van der Waals surface area contributed by atoms with E-state index < -0.39 is 36.6 Å². The maximum Gasteiger partial charge on any atom is 0.414 e. The van der Waals surface area contributed by atoms with Gasteiger partial charge in [-0.3, -0.25) is 29.4 Å². The quantitative estimate of drug-likeness (QED) is 0.120. The van der Waals surface area contributed by atoms with E-state index in [0.717, 1.165) is 0 Å². The summed E-state index contributed by atoms with van der Waals surface area (Å²) in [5.74, 6) is 2.39. The van der Waals surface area contributed by atoms with Crippen molar-refractivity contribution < 1.29 is 67.3 Å². The standard InChI is InChI=1S/2C24H24N4O7/c2*1-32-22-5-3-17-23(27-22)16(6-7-25-17)18(29)11-21(30)26-12-15-13-28(24(31)35-15)14-2-4-19-20(10-14)34-9-8-33-19/h2*2-7,10,15,18,29H,8-9,11-13H2,1H3,(H,26,30)/t15-,18?;15-,18-/m11/s1. The summed E-state index contributed by atoms with van der Waals surface area (Å²) in [7, 11) is 3.00. The molecule has 2 aromatic carbocycles. The lowest BCUT2D eigenvalue weighted by Gasteiger charge is -2.21. The molecule has 4 amide bonds. The van der Waals surface area contributed by atoms with Gasteiger partial charge in [-0.2, -0.15) is 0 Å². The van der Waals surface area contributed by atoms with Crippen molar-refractivity contribution in [2.45, 2.75) is 37.3 Å². The van der Waals surface area contributed by atoms with Crippen molar-refractivity contribution in [1.29, 1.82) is 0 Å². The van der Waals surface area contributed by atoms with Gasteiger partial charge in [-0.1, -0.05) is 0 Å². The van der Waals surface area contributed by atoms with Crippen molar-refractivity contribution in [1.82, 2.24) is 30.6 Å². The summed E-state index contributed by atoms with van der Waals surface area (Å²) in [6.07, 6.45) is -1.56. The summed E-state index contributed by atoms with van der Waals surface area (Å²) in [5, 5.41) is 26.8. The number of carbonyl (C=O) groups excluding carboxylic acids is 4. The summed E-state index contributed by atoms with van der Waals surface area (Å²) < 4.78 is 43.3. The van der Waals surface area contributed by atoms with Gasteiger partial charge >= 0.3 is 12.2 Å². The van der Waals surface area contributed by atoms with Gasteiger partial charge in [0.25, 0.3) is 0 Å². The Morgan fingerprint density at radius 3 is 1.44 bits per heavy atom. The minimum absolute atomic E-state index is 0.113. The van der Waals surface area contributed by atoms with Crippen molar-refractivity contribution in [2.75, 3.05) is 76.6 Å². The molecule has 0 spiro atoms. The number of anilines is 2. The zero-order valence-electron chi connectivity index (χ0n) is 37.9. The number of cyclic esters (lactones) is 2. The second kappa shape index (κ2) is 21.0. The van der Waals surface area contributed by atoms with E-state index >= 15 is 0 Å². The lowest BCUT2D eigenvalue weighted by atomic mass is 10.1. The average molecular weight is 961 g/mol. The fraction of sp³-hybridized carbons (Fsp3) is 0.333. The van der Waals surface area contributed by atoms with Crippen molar-refractivity contribution >= 4 is 57.4 Å². The molecule has 2 saturated heterocycles. The maximum absolute atomic E-state index is 12.5. The van der Waals surface area contributed by atoms with E-state index in [1.165, 1.54) is 24.0 Å². The number of pyridine rings is 4. The number of methoxy groups -OCH3 is 2. The number of aliphatic hydroxyl groups is 2. The van der Waals surface area contributed by atoms with Crippen LogP contribution >= 0.6 is 0 Å². The number of fused-ring (bicyclic) bond motifs is 4.